The average molecular weight is 174 g/mol. The zero-order valence-corrected chi connectivity index (χ0v) is 6.99. The van der Waals surface area contributed by atoms with E-state index in [2.05, 4.69) is 15.3 Å². The maximum absolute atomic E-state index is 11.0. The molecule has 0 saturated carbocycles. The molecule has 60 valence electrons. The molecule has 1 heterocycles. The molecule has 0 bridgehead atoms. The van der Waals surface area contributed by atoms with Gasteiger partial charge in [-0.2, -0.15) is 0 Å². The molecule has 0 spiro atoms. The Kier molecular flexibility index (Phi) is 2.14. The Morgan fingerprint density at radius 1 is 1.64 bits per heavy atom. The number of rotatable bonds is 1. The van der Waals surface area contributed by atoms with Crippen molar-refractivity contribution in [1.82, 2.24) is 9.97 Å². The van der Waals surface area contributed by atoms with Gasteiger partial charge in [0.1, 0.15) is 10.8 Å². The number of aromatic amines is 1. The average Bonchev–Trinajstić information content (AvgIpc) is 1.96. The smallest absolute Gasteiger partial charge is 0.271 e. The summed E-state index contributed by atoms with van der Waals surface area (Å²) in [4.78, 5) is 17.4. The molecule has 0 saturated heterocycles. The van der Waals surface area contributed by atoms with Crippen LogP contribution in [0.5, 0.6) is 0 Å². The van der Waals surface area contributed by atoms with E-state index >= 15 is 0 Å². The monoisotopic (exact) mass is 173 g/mol. The zero-order valence-electron chi connectivity index (χ0n) is 6.23. The maximum atomic E-state index is 11.0. The molecule has 11 heavy (non-hydrogen) atoms. The van der Waals surface area contributed by atoms with E-state index in [1.54, 1.807) is 14.0 Å². The highest BCUT2D eigenvalue weighted by Crippen LogP contribution is 2.11. The lowest BCUT2D eigenvalue weighted by Gasteiger charge is -2.00. The fraction of sp³-hybridized carbons (Fsp3) is 0.333. The summed E-state index contributed by atoms with van der Waals surface area (Å²) in [5, 5.41) is 2.81. The van der Waals surface area contributed by atoms with Crippen LogP contribution in [0.3, 0.4) is 0 Å². The highest BCUT2D eigenvalue weighted by Gasteiger charge is 2.04. The minimum Gasteiger partial charge on any atom is -0.372 e. The van der Waals surface area contributed by atoms with E-state index in [1.807, 2.05) is 0 Å². The summed E-state index contributed by atoms with van der Waals surface area (Å²) in [5.41, 5.74) is -0.316. The predicted octanol–water partition coefficient (Wildman–Crippen LogP) is 0.773. The van der Waals surface area contributed by atoms with Crippen molar-refractivity contribution in [3.63, 3.8) is 0 Å². The number of anilines is 1. The van der Waals surface area contributed by atoms with Crippen LogP contribution in [0.4, 0.5) is 5.82 Å². The van der Waals surface area contributed by atoms with Crippen LogP contribution in [0.25, 0.3) is 0 Å². The molecule has 0 aliphatic rings. The Hall–Kier alpha value is -1.03. The van der Waals surface area contributed by atoms with E-state index in [0.29, 0.717) is 11.6 Å². The fourth-order valence-electron chi connectivity index (χ4n) is 0.737. The SMILES string of the molecule is CNc1nc(C)[nH]c(=O)c1Cl. The summed E-state index contributed by atoms with van der Waals surface area (Å²) in [6.45, 7) is 1.69. The number of nitrogens with zero attached hydrogens (tertiary/aromatic N) is 1. The first-order valence-corrected chi connectivity index (χ1v) is 3.47. The number of aromatic nitrogens is 2. The molecule has 1 aromatic heterocycles. The van der Waals surface area contributed by atoms with E-state index in [0.717, 1.165) is 0 Å². The number of nitrogens with one attached hydrogen (secondary N) is 2. The van der Waals surface area contributed by atoms with Gasteiger partial charge >= 0.3 is 0 Å². The van der Waals surface area contributed by atoms with Crippen molar-refractivity contribution in [2.24, 2.45) is 0 Å². The van der Waals surface area contributed by atoms with Crippen molar-refractivity contribution in [2.45, 2.75) is 6.92 Å². The summed E-state index contributed by atoms with van der Waals surface area (Å²) < 4.78 is 0. The van der Waals surface area contributed by atoms with Crippen LogP contribution in [0.15, 0.2) is 4.79 Å². The molecule has 0 amide bonds. The van der Waals surface area contributed by atoms with Crippen LogP contribution in [-0.4, -0.2) is 17.0 Å². The molecule has 0 aliphatic heterocycles. The zero-order chi connectivity index (χ0) is 8.43. The van der Waals surface area contributed by atoms with E-state index in [-0.39, 0.29) is 10.6 Å². The third kappa shape index (κ3) is 1.51. The third-order valence-electron chi connectivity index (χ3n) is 1.22. The molecule has 1 rings (SSSR count). The van der Waals surface area contributed by atoms with E-state index in [4.69, 9.17) is 11.6 Å². The van der Waals surface area contributed by atoms with Gasteiger partial charge < -0.3 is 10.3 Å². The van der Waals surface area contributed by atoms with Gasteiger partial charge in [0.2, 0.25) is 0 Å². The van der Waals surface area contributed by atoms with Crippen LogP contribution < -0.4 is 10.9 Å². The topological polar surface area (TPSA) is 57.8 Å². The lowest BCUT2D eigenvalue weighted by Crippen LogP contribution is -2.12. The molecule has 0 radical (unpaired) electrons. The van der Waals surface area contributed by atoms with Crippen LogP contribution in [0.1, 0.15) is 5.82 Å². The van der Waals surface area contributed by atoms with Crippen molar-refractivity contribution in [1.29, 1.82) is 0 Å². The highest BCUT2D eigenvalue weighted by atomic mass is 35.5. The predicted molar refractivity (Wildman–Crippen MR) is 44.2 cm³/mol. The first kappa shape index (κ1) is 8.07. The Morgan fingerprint density at radius 2 is 2.27 bits per heavy atom. The number of hydrogen-bond donors (Lipinski definition) is 2. The summed E-state index contributed by atoms with van der Waals surface area (Å²) in [6.07, 6.45) is 0. The van der Waals surface area contributed by atoms with E-state index < -0.39 is 0 Å². The second-order valence-electron chi connectivity index (χ2n) is 2.06. The fourth-order valence-corrected chi connectivity index (χ4v) is 0.921. The minimum atomic E-state index is -0.316. The Labute approximate surface area is 68.6 Å². The van der Waals surface area contributed by atoms with Crippen LogP contribution in [-0.2, 0) is 0 Å². The van der Waals surface area contributed by atoms with Gasteiger partial charge in [-0.25, -0.2) is 4.98 Å². The van der Waals surface area contributed by atoms with Gasteiger partial charge in [-0.3, -0.25) is 4.79 Å². The summed E-state index contributed by atoms with van der Waals surface area (Å²) >= 11 is 5.60. The van der Waals surface area contributed by atoms with Crippen molar-refractivity contribution >= 4 is 17.4 Å². The number of aryl methyl sites for hydroxylation is 1. The Morgan fingerprint density at radius 3 is 2.82 bits per heavy atom. The standard InChI is InChI=1S/C6H8ClN3O/c1-3-9-5(8-2)4(7)6(11)10-3/h1-2H3,(H2,8,9,10,11). The minimum absolute atomic E-state index is 0.0955. The van der Waals surface area contributed by atoms with Crippen LogP contribution in [0.2, 0.25) is 5.02 Å². The Bertz CT molecular complexity index is 320. The molecular formula is C6H8ClN3O. The van der Waals surface area contributed by atoms with Gasteiger partial charge in [-0.1, -0.05) is 11.6 Å². The van der Waals surface area contributed by atoms with Gasteiger partial charge in [0.15, 0.2) is 5.82 Å². The second kappa shape index (κ2) is 2.92. The summed E-state index contributed by atoms with van der Waals surface area (Å²) in [7, 11) is 1.66. The normalized spacial score (nSPS) is 9.73. The van der Waals surface area contributed by atoms with Gasteiger partial charge in [0, 0.05) is 7.05 Å². The number of hydrogen-bond acceptors (Lipinski definition) is 3. The molecule has 0 aliphatic carbocycles. The van der Waals surface area contributed by atoms with Crippen molar-refractivity contribution in [3.8, 4) is 0 Å². The number of H-pyrrole nitrogens is 1. The highest BCUT2D eigenvalue weighted by molar-refractivity contribution is 6.32. The Balaban J connectivity index is 3.36. The summed E-state index contributed by atoms with van der Waals surface area (Å²) in [5.74, 6) is 0.955. The lowest BCUT2D eigenvalue weighted by molar-refractivity contribution is 1.02. The van der Waals surface area contributed by atoms with E-state index in [1.165, 1.54) is 0 Å². The first-order chi connectivity index (χ1) is 5.15. The molecule has 0 atom stereocenters. The third-order valence-corrected chi connectivity index (χ3v) is 1.57. The van der Waals surface area contributed by atoms with Gasteiger partial charge in [0.25, 0.3) is 5.56 Å². The molecule has 0 fully saturated rings. The van der Waals surface area contributed by atoms with Gasteiger partial charge in [0.05, 0.1) is 0 Å². The van der Waals surface area contributed by atoms with E-state index in [9.17, 15) is 4.79 Å². The number of halogens is 1. The molecule has 4 nitrogen and oxygen atoms in total. The molecule has 1 aromatic rings. The van der Waals surface area contributed by atoms with Crippen molar-refractivity contribution < 1.29 is 0 Å². The van der Waals surface area contributed by atoms with Crippen molar-refractivity contribution in [3.05, 3.63) is 21.2 Å². The van der Waals surface area contributed by atoms with Crippen LogP contribution >= 0.6 is 11.6 Å². The quantitative estimate of drug-likeness (QED) is 0.660. The molecule has 5 heteroatoms. The summed E-state index contributed by atoms with van der Waals surface area (Å²) in [6, 6.07) is 0. The second-order valence-corrected chi connectivity index (χ2v) is 2.44. The van der Waals surface area contributed by atoms with Crippen molar-refractivity contribution in [2.75, 3.05) is 12.4 Å². The van der Waals surface area contributed by atoms with Gasteiger partial charge in [-0.15, -0.1) is 0 Å². The van der Waals surface area contributed by atoms with Gasteiger partial charge in [-0.05, 0) is 6.92 Å². The molecule has 2 N–H and O–H groups in total. The maximum Gasteiger partial charge on any atom is 0.271 e. The molecule has 0 aromatic carbocycles. The molecular weight excluding hydrogens is 166 g/mol. The lowest BCUT2D eigenvalue weighted by atomic mass is 10.5. The first-order valence-electron chi connectivity index (χ1n) is 3.09. The molecule has 0 unspecified atom stereocenters. The van der Waals surface area contributed by atoms with Crippen LogP contribution in [0, 0.1) is 6.92 Å². The largest absolute Gasteiger partial charge is 0.372 e.